The monoisotopic (exact) mass is 387 g/mol. The minimum absolute atomic E-state index is 0.0916. The Morgan fingerprint density at radius 3 is 2.52 bits per heavy atom. The van der Waals surface area contributed by atoms with Crippen LogP contribution < -0.4 is 11.1 Å². The van der Waals surface area contributed by atoms with E-state index < -0.39 is 30.8 Å². The third-order valence-corrected chi connectivity index (χ3v) is 3.65. The van der Waals surface area contributed by atoms with E-state index in [1.165, 1.54) is 0 Å². The molecule has 0 radical (unpaired) electrons. The van der Waals surface area contributed by atoms with Crippen molar-refractivity contribution in [1.29, 1.82) is 0 Å². The Balaban J connectivity index is 1.53. The Morgan fingerprint density at radius 1 is 1.11 bits per heavy atom. The fourth-order valence-electron chi connectivity index (χ4n) is 2.15. The van der Waals surface area contributed by atoms with E-state index in [0.29, 0.717) is 16.3 Å². The summed E-state index contributed by atoms with van der Waals surface area (Å²) in [7, 11) is 0. The van der Waals surface area contributed by atoms with Crippen molar-refractivity contribution in [3.8, 4) is 11.5 Å². The van der Waals surface area contributed by atoms with Gasteiger partial charge in [0.05, 0.1) is 0 Å². The Kier molecular flexibility index (Phi) is 5.68. The summed E-state index contributed by atoms with van der Waals surface area (Å²) in [6, 6.07) is 15.2. The number of hydrogen-bond acceptors (Lipinski definition) is 6. The van der Waals surface area contributed by atoms with E-state index in [-0.39, 0.29) is 5.89 Å². The number of rotatable bonds is 6. The molecule has 0 aliphatic heterocycles. The van der Waals surface area contributed by atoms with Gasteiger partial charge in [-0.15, -0.1) is 5.10 Å². The van der Waals surface area contributed by atoms with Crippen LogP contribution in [0, 0.1) is 0 Å². The van der Waals surface area contributed by atoms with Crippen LogP contribution in [0.5, 0.6) is 0 Å². The smallest absolute Gasteiger partial charge is 0.437 e. The molecule has 1 heterocycles. The molecule has 0 aliphatic carbocycles. The summed E-state index contributed by atoms with van der Waals surface area (Å²) in [5.41, 5.74) is 1.12. The molecular weight excluding hydrogens is 374 g/mol. The summed E-state index contributed by atoms with van der Waals surface area (Å²) in [6.07, 6.45) is 0. The van der Waals surface area contributed by atoms with Crippen LogP contribution in [0.2, 0.25) is 5.02 Å². The number of hydrogen-bond donors (Lipinski definition) is 1. The molecule has 0 atom stereocenters. The first-order chi connectivity index (χ1) is 13.0. The lowest BCUT2D eigenvalue weighted by Gasteiger charge is -2.06. The van der Waals surface area contributed by atoms with Crippen molar-refractivity contribution in [2.75, 3.05) is 11.9 Å². The standard InChI is InChI=1S/C18H14ClN3O5/c19-13-6-8-14(9-7-13)20-15(23)11-26-16(24)10-22-18(25)27-17(21-22)12-4-2-1-3-5-12/h1-9H,10-11H2,(H,20,23). The van der Waals surface area contributed by atoms with Crippen molar-refractivity contribution in [3.05, 3.63) is 70.2 Å². The summed E-state index contributed by atoms with van der Waals surface area (Å²) < 4.78 is 10.7. The molecule has 27 heavy (non-hydrogen) atoms. The first-order valence-corrected chi connectivity index (χ1v) is 8.23. The Morgan fingerprint density at radius 2 is 1.81 bits per heavy atom. The number of benzene rings is 2. The maximum atomic E-state index is 11.9. The number of carbonyl (C=O) groups excluding carboxylic acids is 2. The summed E-state index contributed by atoms with van der Waals surface area (Å²) in [6.45, 7) is -0.969. The van der Waals surface area contributed by atoms with Crippen molar-refractivity contribution < 1.29 is 18.7 Å². The van der Waals surface area contributed by atoms with Crippen molar-refractivity contribution in [1.82, 2.24) is 9.78 Å². The van der Waals surface area contributed by atoms with Crippen LogP contribution >= 0.6 is 11.6 Å². The molecule has 1 amide bonds. The largest absolute Gasteiger partial charge is 0.454 e. The van der Waals surface area contributed by atoms with Gasteiger partial charge in [0.2, 0.25) is 5.89 Å². The van der Waals surface area contributed by atoms with Crippen LogP contribution in [0.3, 0.4) is 0 Å². The maximum Gasteiger partial charge on any atom is 0.437 e. The van der Waals surface area contributed by atoms with E-state index in [2.05, 4.69) is 10.4 Å². The van der Waals surface area contributed by atoms with Gasteiger partial charge in [-0.2, -0.15) is 4.68 Å². The molecule has 9 heteroatoms. The number of carbonyl (C=O) groups is 2. The fraction of sp³-hybridized carbons (Fsp3) is 0.111. The highest BCUT2D eigenvalue weighted by Crippen LogP contribution is 2.14. The average molecular weight is 388 g/mol. The molecule has 0 saturated heterocycles. The van der Waals surface area contributed by atoms with Gasteiger partial charge in [0, 0.05) is 16.3 Å². The maximum absolute atomic E-state index is 11.9. The Labute approximate surface area is 158 Å². The molecule has 0 unspecified atom stereocenters. The lowest BCUT2D eigenvalue weighted by Crippen LogP contribution is -2.26. The zero-order valence-corrected chi connectivity index (χ0v) is 14.7. The van der Waals surface area contributed by atoms with Gasteiger partial charge in [-0.25, -0.2) is 4.79 Å². The van der Waals surface area contributed by atoms with Gasteiger partial charge in [-0.3, -0.25) is 9.59 Å². The minimum atomic E-state index is -0.795. The predicted octanol–water partition coefficient (Wildman–Crippen LogP) is 2.34. The fourth-order valence-corrected chi connectivity index (χ4v) is 2.27. The van der Waals surface area contributed by atoms with E-state index in [9.17, 15) is 14.4 Å². The molecule has 3 aromatic rings. The molecule has 8 nitrogen and oxygen atoms in total. The van der Waals surface area contributed by atoms with E-state index in [0.717, 1.165) is 4.68 Å². The van der Waals surface area contributed by atoms with Crippen LogP contribution in [0.4, 0.5) is 5.69 Å². The zero-order valence-electron chi connectivity index (χ0n) is 13.9. The molecule has 2 aromatic carbocycles. The molecule has 0 spiro atoms. The minimum Gasteiger partial charge on any atom is -0.454 e. The predicted molar refractivity (Wildman–Crippen MR) is 97.2 cm³/mol. The molecule has 1 aromatic heterocycles. The van der Waals surface area contributed by atoms with E-state index in [1.807, 2.05) is 6.07 Å². The molecule has 0 bridgehead atoms. The summed E-state index contributed by atoms with van der Waals surface area (Å²) in [5.74, 6) is -2.02. The lowest BCUT2D eigenvalue weighted by molar-refractivity contribution is -0.148. The van der Waals surface area contributed by atoms with Crippen molar-refractivity contribution in [3.63, 3.8) is 0 Å². The second kappa shape index (κ2) is 8.33. The topological polar surface area (TPSA) is 103 Å². The van der Waals surface area contributed by atoms with Gasteiger partial charge in [-0.1, -0.05) is 29.8 Å². The van der Waals surface area contributed by atoms with Gasteiger partial charge in [0.15, 0.2) is 6.61 Å². The average Bonchev–Trinajstić information content (AvgIpc) is 3.03. The number of esters is 1. The van der Waals surface area contributed by atoms with E-state index in [1.54, 1.807) is 48.5 Å². The number of halogens is 1. The zero-order chi connectivity index (χ0) is 19.2. The molecule has 0 fully saturated rings. The summed E-state index contributed by atoms with van der Waals surface area (Å²) in [4.78, 5) is 35.4. The number of anilines is 1. The Hall–Kier alpha value is -3.39. The third kappa shape index (κ3) is 5.05. The van der Waals surface area contributed by atoms with Crippen LogP contribution in [-0.4, -0.2) is 28.3 Å². The lowest BCUT2D eigenvalue weighted by atomic mass is 10.2. The SMILES string of the molecule is O=C(COC(=O)Cn1nc(-c2ccccc2)oc1=O)Nc1ccc(Cl)cc1. The highest BCUT2D eigenvalue weighted by atomic mass is 35.5. The molecular formula is C18H14ClN3O5. The molecule has 3 rings (SSSR count). The number of ether oxygens (including phenoxy) is 1. The summed E-state index contributed by atoms with van der Waals surface area (Å²) in [5, 5.41) is 7.03. The quantitative estimate of drug-likeness (QED) is 0.651. The normalized spacial score (nSPS) is 10.4. The highest BCUT2D eigenvalue weighted by Gasteiger charge is 2.15. The number of aromatic nitrogens is 2. The van der Waals surface area contributed by atoms with Gasteiger partial charge in [-0.05, 0) is 36.4 Å². The van der Waals surface area contributed by atoms with Crippen LogP contribution in [0.25, 0.3) is 11.5 Å². The van der Waals surface area contributed by atoms with Gasteiger partial charge >= 0.3 is 11.7 Å². The van der Waals surface area contributed by atoms with Crippen LogP contribution in [0.1, 0.15) is 0 Å². The Bertz CT molecular complexity index is 996. The van der Waals surface area contributed by atoms with Crippen LogP contribution in [0.15, 0.2) is 63.8 Å². The summed E-state index contributed by atoms with van der Waals surface area (Å²) >= 11 is 5.76. The van der Waals surface area contributed by atoms with Gasteiger partial charge in [0.1, 0.15) is 6.54 Å². The molecule has 138 valence electrons. The van der Waals surface area contributed by atoms with Crippen molar-refractivity contribution >= 4 is 29.2 Å². The highest BCUT2D eigenvalue weighted by molar-refractivity contribution is 6.30. The first-order valence-electron chi connectivity index (χ1n) is 7.86. The van der Waals surface area contributed by atoms with Crippen LogP contribution in [-0.2, 0) is 20.9 Å². The van der Waals surface area contributed by atoms with Crippen molar-refractivity contribution in [2.24, 2.45) is 0 Å². The van der Waals surface area contributed by atoms with E-state index >= 15 is 0 Å². The number of nitrogens with zero attached hydrogens (tertiary/aromatic N) is 2. The molecule has 0 saturated carbocycles. The second-order valence-electron chi connectivity index (χ2n) is 5.41. The molecule has 0 aliphatic rings. The second-order valence-corrected chi connectivity index (χ2v) is 5.85. The number of nitrogens with one attached hydrogen (secondary N) is 1. The van der Waals surface area contributed by atoms with Crippen molar-refractivity contribution in [2.45, 2.75) is 6.54 Å². The molecule has 1 N–H and O–H groups in total. The third-order valence-electron chi connectivity index (χ3n) is 3.40. The van der Waals surface area contributed by atoms with Gasteiger partial charge < -0.3 is 14.5 Å². The number of amides is 1. The van der Waals surface area contributed by atoms with Gasteiger partial charge in [0.25, 0.3) is 5.91 Å². The first kappa shape index (κ1) is 18.4. The van der Waals surface area contributed by atoms with E-state index in [4.69, 9.17) is 20.8 Å².